The number of nitrogens with zero attached hydrogens (tertiary/aromatic N) is 2. The van der Waals surface area contributed by atoms with Crippen LogP contribution in [0.2, 0.25) is 0 Å². The third-order valence-electron chi connectivity index (χ3n) is 9.58. The molecule has 0 saturated heterocycles. The zero-order chi connectivity index (χ0) is 41.8. The second-order valence-electron chi connectivity index (χ2n) is 13.9. The maximum Gasteiger partial charge on any atom is 0.306 e. The number of amides is 2. The number of carbonyl (C=O) groups excluding carboxylic acids is 2. The van der Waals surface area contributed by atoms with Gasteiger partial charge < -0.3 is 15.0 Å². The Kier molecular flexibility index (Phi) is 16.1. The van der Waals surface area contributed by atoms with Crippen molar-refractivity contribution in [3.8, 4) is 0 Å². The van der Waals surface area contributed by atoms with E-state index < -0.39 is 66.6 Å². The van der Waals surface area contributed by atoms with Gasteiger partial charge in [0.1, 0.15) is 0 Å². The lowest BCUT2D eigenvalue weighted by molar-refractivity contribution is -0.645. The van der Waals surface area contributed by atoms with Crippen molar-refractivity contribution in [3.63, 3.8) is 0 Å². The minimum atomic E-state index is -4.62. The Morgan fingerprint density at radius 3 is 1.96 bits per heavy atom. The van der Waals surface area contributed by atoms with E-state index in [-0.39, 0.29) is 41.7 Å². The van der Waals surface area contributed by atoms with Gasteiger partial charge in [0.15, 0.2) is 6.54 Å². The summed E-state index contributed by atoms with van der Waals surface area (Å²) in [7, 11) is -13.6. The van der Waals surface area contributed by atoms with Gasteiger partial charge in [0.05, 0.1) is 43.0 Å². The molecule has 4 aromatic rings. The van der Waals surface area contributed by atoms with Crippen LogP contribution in [0.15, 0.2) is 77.7 Å². The Morgan fingerprint density at radius 2 is 1.40 bits per heavy atom. The summed E-state index contributed by atoms with van der Waals surface area (Å²) in [6, 6.07) is 19.0. The highest BCUT2D eigenvalue weighted by Gasteiger charge is 2.34. The number of para-hydroxylation sites is 2. The molecule has 15 nitrogen and oxygen atoms in total. The molecule has 1 heterocycles. The molecule has 57 heavy (non-hydrogen) atoms. The van der Waals surface area contributed by atoms with Crippen LogP contribution in [0.1, 0.15) is 80.6 Å². The number of nitrogens with one attached hydrogen (secondary N) is 1. The minimum Gasteiger partial charge on any atom is -0.748 e. The first-order chi connectivity index (χ1) is 26.9. The van der Waals surface area contributed by atoms with E-state index in [1.807, 2.05) is 6.92 Å². The Morgan fingerprint density at radius 1 is 0.789 bits per heavy atom. The van der Waals surface area contributed by atoms with Gasteiger partial charge in [-0.05, 0) is 68.4 Å². The number of pyridine rings is 1. The summed E-state index contributed by atoms with van der Waals surface area (Å²) < 4.78 is 97.6. The molecule has 2 amide bonds. The molecule has 0 saturated carbocycles. The number of aromatic nitrogens is 1. The maximum atomic E-state index is 14.6. The third-order valence-corrected chi connectivity index (χ3v) is 13.0. The summed E-state index contributed by atoms with van der Waals surface area (Å²) in [5.74, 6) is -3.70. The average Bonchev–Trinajstić information content (AvgIpc) is 3.14. The number of unbranched alkanes of at least 4 members (excludes halogenated alkanes) is 1. The van der Waals surface area contributed by atoms with Gasteiger partial charge in [0, 0.05) is 43.8 Å². The van der Waals surface area contributed by atoms with Crippen molar-refractivity contribution in [2.75, 3.05) is 24.6 Å². The number of hydrogen-bond donors (Lipinski definition) is 3. The van der Waals surface area contributed by atoms with E-state index in [9.17, 15) is 53.8 Å². The fourth-order valence-corrected chi connectivity index (χ4v) is 9.20. The number of carbonyl (C=O) groups is 3. The minimum absolute atomic E-state index is 0.000160. The molecule has 1 unspecified atom stereocenters. The van der Waals surface area contributed by atoms with Gasteiger partial charge in [0.25, 0.3) is 26.0 Å². The van der Waals surface area contributed by atoms with Gasteiger partial charge in [-0.3, -0.25) is 18.9 Å². The Bertz CT molecular complexity index is 2330. The molecule has 0 aliphatic heterocycles. The fraction of sp³-hybridized carbons (Fsp3) is 0.436. The van der Waals surface area contributed by atoms with Crippen LogP contribution in [-0.4, -0.2) is 86.1 Å². The molecule has 0 fully saturated rings. The van der Waals surface area contributed by atoms with Crippen LogP contribution in [0, 0.1) is 5.92 Å². The molecule has 3 aromatic carbocycles. The lowest BCUT2D eigenvalue weighted by Gasteiger charge is -2.24. The highest BCUT2D eigenvalue weighted by atomic mass is 32.2. The molecule has 0 aliphatic carbocycles. The van der Waals surface area contributed by atoms with Gasteiger partial charge in [-0.2, -0.15) is 13.0 Å². The van der Waals surface area contributed by atoms with E-state index in [1.54, 1.807) is 65.2 Å². The van der Waals surface area contributed by atoms with Gasteiger partial charge in [-0.1, -0.05) is 56.2 Å². The van der Waals surface area contributed by atoms with Crippen molar-refractivity contribution in [3.05, 3.63) is 83.9 Å². The molecule has 1 atom stereocenters. The first kappa shape index (κ1) is 45.2. The van der Waals surface area contributed by atoms with Crippen LogP contribution in [0.25, 0.3) is 21.8 Å². The summed E-state index contributed by atoms with van der Waals surface area (Å²) in [5.41, 5.74) is 1.66. The van der Waals surface area contributed by atoms with E-state index in [0.717, 1.165) is 12.0 Å². The van der Waals surface area contributed by atoms with E-state index in [1.165, 1.54) is 12.1 Å². The Balaban J connectivity index is 1.54. The second kappa shape index (κ2) is 20.3. The molecule has 3 N–H and O–H groups in total. The zero-order valence-corrected chi connectivity index (χ0v) is 34.2. The number of aliphatic carboxylic acids is 1. The van der Waals surface area contributed by atoms with Crippen LogP contribution < -0.4 is 9.88 Å². The van der Waals surface area contributed by atoms with Gasteiger partial charge in [-0.15, -0.1) is 0 Å². The number of sulfonamides is 1. The monoisotopic (exact) mass is 847 g/mol. The summed E-state index contributed by atoms with van der Waals surface area (Å²) in [6.07, 6.45) is 4.05. The summed E-state index contributed by atoms with van der Waals surface area (Å²) in [4.78, 5) is 38.1. The average molecular weight is 848 g/mol. The van der Waals surface area contributed by atoms with Crippen LogP contribution in [0.5, 0.6) is 0 Å². The summed E-state index contributed by atoms with van der Waals surface area (Å²) in [5, 5.41) is 12.8. The van der Waals surface area contributed by atoms with Crippen molar-refractivity contribution in [1.29, 1.82) is 0 Å². The van der Waals surface area contributed by atoms with Crippen molar-refractivity contribution in [2.24, 2.45) is 5.92 Å². The SMILES string of the molecule is CCCC(CCCCNC(=O)CCCc1ccc(S(=O)(=O)N(CCCS(=O)(=O)O)C(=O)c2c3ccccc3[n+](CCCS(=O)(=O)[O-])c3ccccc23)cc1)C(=O)O. The standard InChI is InChI=1S/C39H49N3O12S3/c1-2-12-30(39(45)46)14-7-8-24-40-36(43)19-9-13-29-20-22-31(23-21-29)57(53,54)42(26-11-28-56(50,51)52)38(44)37-32-15-3-5-17-34(32)41(25-10-27-55(47,48)49)35-18-6-4-16-33(35)37/h3-6,15-18,20-23,30H,2,7-14,19,24-28H2,1H3,(H3-,40,43,45,46,47,48,49,50,51,52). The molecular weight excluding hydrogens is 799 g/mol. The van der Waals surface area contributed by atoms with Crippen LogP contribution in [-0.2, 0) is 52.8 Å². The quantitative estimate of drug-likeness (QED) is 0.0407. The molecule has 0 aliphatic rings. The predicted octanol–water partition coefficient (Wildman–Crippen LogP) is 4.43. The van der Waals surface area contributed by atoms with Gasteiger partial charge in [-0.25, -0.2) is 21.1 Å². The third kappa shape index (κ3) is 13.0. The first-order valence-corrected chi connectivity index (χ1v) is 23.4. The first-order valence-electron chi connectivity index (χ1n) is 18.8. The summed E-state index contributed by atoms with van der Waals surface area (Å²) >= 11 is 0. The number of aryl methyl sites for hydroxylation is 2. The lowest BCUT2D eigenvalue weighted by atomic mass is 9.97. The molecule has 1 aromatic heterocycles. The van der Waals surface area contributed by atoms with Crippen molar-refractivity contribution in [2.45, 2.75) is 82.6 Å². The van der Waals surface area contributed by atoms with Crippen molar-refractivity contribution < 1.29 is 58.4 Å². The lowest BCUT2D eigenvalue weighted by Crippen LogP contribution is -2.41. The topological polar surface area (TPSA) is 236 Å². The van der Waals surface area contributed by atoms with Gasteiger partial charge in [0.2, 0.25) is 16.9 Å². The molecule has 310 valence electrons. The number of benzene rings is 3. The van der Waals surface area contributed by atoms with Crippen LogP contribution >= 0.6 is 0 Å². The zero-order valence-electron chi connectivity index (χ0n) is 31.7. The highest BCUT2D eigenvalue weighted by molar-refractivity contribution is 7.89. The maximum absolute atomic E-state index is 14.6. The molecule has 0 radical (unpaired) electrons. The molecule has 4 rings (SSSR count). The Labute approximate surface area is 333 Å². The highest BCUT2D eigenvalue weighted by Crippen LogP contribution is 2.29. The number of hydrogen-bond acceptors (Lipinski definition) is 10. The van der Waals surface area contributed by atoms with Crippen LogP contribution in [0.3, 0.4) is 0 Å². The number of carboxylic acids is 1. The van der Waals surface area contributed by atoms with Crippen LogP contribution in [0.4, 0.5) is 0 Å². The van der Waals surface area contributed by atoms with E-state index >= 15 is 0 Å². The van der Waals surface area contributed by atoms with E-state index in [4.69, 9.17) is 0 Å². The predicted molar refractivity (Wildman–Crippen MR) is 212 cm³/mol. The normalized spacial score (nSPS) is 12.8. The number of rotatable bonds is 23. The number of fused-ring (bicyclic) bond motifs is 2. The van der Waals surface area contributed by atoms with E-state index in [0.29, 0.717) is 71.2 Å². The smallest absolute Gasteiger partial charge is 0.306 e. The second-order valence-corrected chi connectivity index (χ2v) is 18.8. The largest absolute Gasteiger partial charge is 0.748 e. The van der Waals surface area contributed by atoms with Gasteiger partial charge >= 0.3 is 5.97 Å². The molecule has 18 heteroatoms. The number of carboxylic acid groups (broad SMARTS) is 1. The van der Waals surface area contributed by atoms with Crippen molar-refractivity contribution in [1.82, 2.24) is 9.62 Å². The molecule has 0 spiro atoms. The fourth-order valence-electron chi connectivity index (χ4n) is 6.81. The Hall–Kier alpha value is -4.49. The van der Waals surface area contributed by atoms with Crippen molar-refractivity contribution >= 4 is 69.8 Å². The summed E-state index contributed by atoms with van der Waals surface area (Å²) in [6.45, 7) is 1.89. The molecule has 0 bridgehead atoms. The van der Waals surface area contributed by atoms with E-state index in [2.05, 4.69) is 5.32 Å². The molecular formula is C39H49N3O12S3.